The minimum absolute atomic E-state index is 0.0433. The molecule has 0 aliphatic carbocycles. The fourth-order valence-corrected chi connectivity index (χ4v) is 2.75. The van der Waals surface area contributed by atoms with Crippen molar-refractivity contribution < 1.29 is 13.9 Å². The average molecular weight is 323 g/mol. The fraction of sp³-hybridized carbons (Fsp3) is 0.588. The minimum Gasteiger partial charge on any atom is -0.383 e. The van der Waals surface area contributed by atoms with Crippen LogP contribution in [0, 0.1) is 5.82 Å². The maximum Gasteiger partial charge on any atom is 0.317 e. The molecule has 0 spiro atoms. The van der Waals surface area contributed by atoms with Crippen LogP contribution in [-0.2, 0) is 4.74 Å². The quantitative estimate of drug-likeness (QED) is 0.846. The van der Waals surface area contributed by atoms with Crippen LogP contribution in [0.5, 0.6) is 0 Å². The van der Waals surface area contributed by atoms with Crippen LogP contribution in [0.25, 0.3) is 0 Å². The van der Waals surface area contributed by atoms with Crippen LogP contribution >= 0.6 is 0 Å². The van der Waals surface area contributed by atoms with Crippen LogP contribution in [0.2, 0.25) is 0 Å². The number of benzene rings is 1. The van der Waals surface area contributed by atoms with Gasteiger partial charge >= 0.3 is 6.03 Å². The highest BCUT2D eigenvalue weighted by Crippen LogP contribution is 2.19. The van der Waals surface area contributed by atoms with Gasteiger partial charge in [-0.2, -0.15) is 0 Å². The second kappa shape index (κ2) is 8.72. The molecule has 0 saturated carbocycles. The van der Waals surface area contributed by atoms with Crippen molar-refractivity contribution in [1.29, 1.82) is 0 Å². The highest BCUT2D eigenvalue weighted by Gasteiger charge is 2.24. The summed E-state index contributed by atoms with van der Waals surface area (Å²) in [5, 5.41) is 6.22. The Morgan fingerprint density at radius 2 is 2.09 bits per heavy atom. The van der Waals surface area contributed by atoms with Crippen LogP contribution in [0.15, 0.2) is 24.3 Å². The van der Waals surface area contributed by atoms with Gasteiger partial charge in [0.25, 0.3) is 0 Å². The molecule has 0 radical (unpaired) electrons. The number of amides is 2. The van der Waals surface area contributed by atoms with E-state index in [-0.39, 0.29) is 23.9 Å². The molecule has 23 heavy (non-hydrogen) atoms. The SMILES string of the molecule is CC[C@@H](COC)NC(=O)N1CCC(Nc2ccccc2F)CC1. The van der Waals surface area contributed by atoms with E-state index in [1.807, 2.05) is 17.9 Å². The molecule has 0 aromatic heterocycles. The summed E-state index contributed by atoms with van der Waals surface area (Å²) < 4.78 is 18.8. The van der Waals surface area contributed by atoms with E-state index in [9.17, 15) is 9.18 Å². The number of piperidine rings is 1. The third-order valence-corrected chi connectivity index (χ3v) is 4.20. The zero-order valence-electron chi connectivity index (χ0n) is 13.8. The first-order chi connectivity index (χ1) is 11.1. The first kappa shape index (κ1) is 17.5. The van der Waals surface area contributed by atoms with Crippen molar-refractivity contribution in [2.45, 2.75) is 38.3 Å². The molecule has 1 aliphatic rings. The van der Waals surface area contributed by atoms with E-state index in [2.05, 4.69) is 10.6 Å². The molecule has 0 unspecified atom stereocenters. The highest BCUT2D eigenvalue weighted by atomic mass is 19.1. The Morgan fingerprint density at radius 3 is 2.70 bits per heavy atom. The standard InChI is InChI=1S/C17H26FN3O2/c1-3-13(12-23-2)20-17(22)21-10-8-14(9-11-21)19-16-7-5-4-6-15(16)18/h4-7,13-14,19H,3,8-12H2,1-2H3,(H,20,22)/t13-/m0/s1. The van der Waals surface area contributed by atoms with Gasteiger partial charge in [0.2, 0.25) is 0 Å². The van der Waals surface area contributed by atoms with Crippen LogP contribution in [0.3, 0.4) is 0 Å². The van der Waals surface area contributed by atoms with E-state index in [4.69, 9.17) is 4.74 Å². The molecule has 128 valence electrons. The summed E-state index contributed by atoms with van der Waals surface area (Å²) in [7, 11) is 1.63. The van der Waals surface area contributed by atoms with Crippen molar-refractivity contribution in [3.63, 3.8) is 0 Å². The van der Waals surface area contributed by atoms with Gasteiger partial charge < -0.3 is 20.3 Å². The Labute approximate surface area is 137 Å². The number of nitrogens with zero attached hydrogens (tertiary/aromatic N) is 1. The molecule has 1 heterocycles. The summed E-state index contributed by atoms with van der Waals surface area (Å²) in [4.78, 5) is 14.1. The number of carbonyl (C=O) groups is 1. The summed E-state index contributed by atoms with van der Waals surface area (Å²) in [5.74, 6) is -0.238. The van der Waals surface area contributed by atoms with Crippen molar-refractivity contribution in [3.05, 3.63) is 30.1 Å². The number of likely N-dealkylation sites (tertiary alicyclic amines) is 1. The lowest BCUT2D eigenvalue weighted by atomic mass is 10.0. The van der Waals surface area contributed by atoms with Gasteiger partial charge in [-0.3, -0.25) is 0 Å². The molecule has 1 aliphatic heterocycles. The van der Waals surface area contributed by atoms with Gasteiger partial charge in [0.15, 0.2) is 0 Å². The van der Waals surface area contributed by atoms with Gasteiger partial charge in [0.05, 0.1) is 18.3 Å². The smallest absolute Gasteiger partial charge is 0.317 e. The molecular formula is C17H26FN3O2. The van der Waals surface area contributed by atoms with Crippen LogP contribution in [0.1, 0.15) is 26.2 Å². The van der Waals surface area contributed by atoms with Gasteiger partial charge in [-0.15, -0.1) is 0 Å². The molecule has 2 rings (SSSR count). The maximum absolute atomic E-state index is 13.7. The zero-order valence-corrected chi connectivity index (χ0v) is 13.8. The van der Waals surface area contributed by atoms with E-state index in [0.717, 1.165) is 19.3 Å². The van der Waals surface area contributed by atoms with E-state index in [1.54, 1.807) is 19.2 Å². The van der Waals surface area contributed by atoms with E-state index >= 15 is 0 Å². The molecule has 2 N–H and O–H groups in total. The predicted molar refractivity (Wildman–Crippen MR) is 89.1 cm³/mol. The summed E-state index contributed by atoms with van der Waals surface area (Å²) in [5.41, 5.74) is 0.529. The van der Waals surface area contributed by atoms with E-state index in [1.165, 1.54) is 6.07 Å². The van der Waals surface area contributed by atoms with E-state index in [0.29, 0.717) is 25.4 Å². The molecule has 0 bridgehead atoms. The Hall–Kier alpha value is -1.82. The number of ether oxygens (including phenoxy) is 1. The Balaban J connectivity index is 1.79. The van der Waals surface area contributed by atoms with Crippen molar-refractivity contribution in [1.82, 2.24) is 10.2 Å². The highest BCUT2D eigenvalue weighted by molar-refractivity contribution is 5.74. The lowest BCUT2D eigenvalue weighted by Gasteiger charge is -2.34. The second-order valence-electron chi connectivity index (χ2n) is 5.90. The number of urea groups is 1. The van der Waals surface area contributed by atoms with Crippen molar-refractivity contribution in [2.24, 2.45) is 0 Å². The topological polar surface area (TPSA) is 53.6 Å². The molecule has 1 fully saturated rings. The summed E-state index contributed by atoms with van der Waals surface area (Å²) in [6, 6.07) is 6.88. The monoisotopic (exact) mass is 323 g/mol. The number of hydrogen-bond donors (Lipinski definition) is 2. The first-order valence-corrected chi connectivity index (χ1v) is 8.19. The van der Waals surface area contributed by atoms with Gasteiger partial charge in [0, 0.05) is 26.2 Å². The van der Waals surface area contributed by atoms with Crippen molar-refractivity contribution in [2.75, 3.05) is 32.1 Å². The second-order valence-corrected chi connectivity index (χ2v) is 5.90. The zero-order chi connectivity index (χ0) is 16.7. The summed E-state index contributed by atoms with van der Waals surface area (Å²) in [6.07, 6.45) is 2.45. The van der Waals surface area contributed by atoms with Crippen LogP contribution in [0.4, 0.5) is 14.9 Å². The van der Waals surface area contributed by atoms with Gasteiger partial charge in [-0.1, -0.05) is 19.1 Å². The fourth-order valence-electron chi connectivity index (χ4n) is 2.75. The largest absolute Gasteiger partial charge is 0.383 e. The summed E-state index contributed by atoms with van der Waals surface area (Å²) >= 11 is 0. The third-order valence-electron chi connectivity index (χ3n) is 4.20. The first-order valence-electron chi connectivity index (χ1n) is 8.19. The van der Waals surface area contributed by atoms with Crippen LogP contribution in [-0.4, -0.2) is 49.8 Å². The van der Waals surface area contributed by atoms with Gasteiger partial charge in [-0.05, 0) is 31.4 Å². The number of nitrogens with one attached hydrogen (secondary N) is 2. The molecule has 1 saturated heterocycles. The number of rotatable bonds is 6. The molecule has 1 atom stereocenters. The van der Waals surface area contributed by atoms with Crippen molar-refractivity contribution in [3.8, 4) is 0 Å². The Kier molecular flexibility index (Phi) is 6.65. The molecule has 6 heteroatoms. The molecule has 1 aromatic rings. The molecule has 1 aromatic carbocycles. The van der Waals surface area contributed by atoms with Gasteiger partial charge in [0.1, 0.15) is 5.82 Å². The van der Waals surface area contributed by atoms with E-state index < -0.39 is 0 Å². The Bertz CT molecular complexity index is 504. The molecular weight excluding hydrogens is 297 g/mol. The lowest BCUT2D eigenvalue weighted by molar-refractivity contribution is 0.148. The molecule has 5 nitrogen and oxygen atoms in total. The molecule has 2 amide bonds. The number of para-hydroxylation sites is 1. The Morgan fingerprint density at radius 1 is 1.39 bits per heavy atom. The predicted octanol–water partition coefficient (Wildman–Crippen LogP) is 2.84. The number of methoxy groups -OCH3 is 1. The number of anilines is 1. The number of hydrogen-bond acceptors (Lipinski definition) is 3. The van der Waals surface area contributed by atoms with Gasteiger partial charge in [-0.25, -0.2) is 9.18 Å². The van der Waals surface area contributed by atoms with Crippen molar-refractivity contribution >= 4 is 11.7 Å². The number of halogens is 1. The number of carbonyl (C=O) groups excluding carboxylic acids is 1. The normalized spacial score (nSPS) is 16.9. The lowest BCUT2D eigenvalue weighted by Crippen LogP contribution is -2.50. The minimum atomic E-state index is -0.238. The third kappa shape index (κ3) is 5.10. The van der Waals surface area contributed by atoms with Crippen LogP contribution < -0.4 is 10.6 Å². The summed E-state index contributed by atoms with van der Waals surface area (Å²) in [6.45, 7) is 3.88. The maximum atomic E-state index is 13.7. The average Bonchev–Trinajstić information content (AvgIpc) is 2.57.